The number of nitrogens with one attached hydrogen (secondary N) is 1. The van der Waals surface area contributed by atoms with Crippen molar-refractivity contribution in [2.24, 2.45) is 5.92 Å². The van der Waals surface area contributed by atoms with Gasteiger partial charge in [0.25, 0.3) is 0 Å². The highest BCUT2D eigenvalue weighted by Crippen LogP contribution is 2.15. The second-order valence-corrected chi connectivity index (χ2v) is 5.21. The van der Waals surface area contributed by atoms with Crippen LogP contribution in [-0.4, -0.2) is 19.6 Å². The predicted molar refractivity (Wildman–Crippen MR) is 84.3 cm³/mol. The van der Waals surface area contributed by atoms with Crippen molar-refractivity contribution in [1.29, 1.82) is 0 Å². The lowest BCUT2D eigenvalue weighted by molar-refractivity contribution is 0.470. The van der Waals surface area contributed by atoms with Gasteiger partial charge in [0, 0.05) is 19.3 Å². The number of anilines is 1. The maximum atomic E-state index is 4.37. The van der Waals surface area contributed by atoms with Gasteiger partial charge in [0.1, 0.15) is 0 Å². The van der Waals surface area contributed by atoms with E-state index in [2.05, 4.69) is 54.0 Å². The lowest BCUT2D eigenvalue weighted by Crippen LogP contribution is -2.12. The predicted octanol–water partition coefficient (Wildman–Crippen LogP) is 3.10. The average Bonchev–Trinajstić information content (AvgIpc) is 2.93. The molecule has 0 aliphatic rings. The third kappa shape index (κ3) is 3.76. The van der Waals surface area contributed by atoms with E-state index in [0.717, 1.165) is 25.3 Å². The van der Waals surface area contributed by atoms with Crippen molar-refractivity contribution < 1.29 is 0 Å². The summed E-state index contributed by atoms with van der Waals surface area (Å²) in [6.45, 7) is 11.2. The third-order valence-corrected chi connectivity index (χ3v) is 3.21. The Morgan fingerprint density at radius 3 is 2.60 bits per heavy atom. The molecule has 0 bridgehead atoms. The minimum atomic E-state index is 0. The Labute approximate surface area is 126 Å². The van der Waals surface area contributed by atoms with Gasteiger partial charge in [-0.3, -0.25) is 9.36 Å². The normalized spacial score (nSPS) is 10.7. The van der Waals surface area contributed by atoms with Crippen molar-refractivity contribution in [3.8, 4) is 0 Å². The Kier molecular flexibility index (Phi) is 6.07. The van der Waals surface area contributed by atoms with E-state index in [-0.39, 0.29) is 12.4 Å². The molecule has 112 valence electrons. The van der Waals surface area contributed by atoms with E-state index in [1.807, 2.05) is 17.1 Å². The summed E-state index contributed by atoms with van der Waals surface area (Å²) < 4.78 is 4.06. The summed E-state index contributed by atoms with van der Waals surface area (Å²) in [5.41, 5.74) is 3.48. The first-order valence-electron chi connectivity index (χ1n) is 6.88. The van der Waals surface area contributed by atoms with Gasteiger partial charge in [0.2, 0.25) is 0 Å². The minimum absolute atomic E-state index is 0. The van der Waals surface area contributed by atoms with Crippen LogP contribution in [0.25, 0.3) is 0 Å². The van der Waals surface area contributed by atoms with Crippen LogP contribution in [0.3, 0.4) is 0 Å². The van der Waals surface area contributed by atoms with Crippen LogP contribution in [0.15, 0.2) is 18.5 Å². The van der Waals surface area contributed by atoms with E-state index in [9.17, 15) is 0 Å². The van der Waals surface area contributed by atoms with Crippen molar-refractivity contribution in [1.82, 2.24) is 19.6 Å². The first-order chi connectivity index (χ1) is 9.11. The fraction of sp³-hybridized carbons (Fsp3) is 0.571. The first-order valence-corrected chi connectivity index (χ1v) is 6.88. The minimum Gasteiger partial charge on any atom is -0.377 e. The molecule has 0 atom stereocenters. The van der Waals surface area contributed by atoms with Crippen LogP contribution in [-0.2, 0) is 19.6 Å². The second-order valence-electron chi connectivity index (χ2n) is 5.21. The summed E-state index contributed by atoms with van der Waals surface area (Å²) in [7, 11) is 0. The molecular weight excluding hydrogens is 274 g/mol. The molecule has 20 heavy (non-hydrogen) atoms. The maximum absolute atomic E-state index is 4.37. The maximum Gasteiger partial charge on any atom is 0.0759 e. The molecule has 0 unspecified atom stereocenters. The Bertz CT molecular complexity index is 529. The van der Waals surface area contributed by atoms with Gasteiger partial charge >= 0.3 is 0 Å². The van der Waals surface area contributed by atoms with Gasteiger partial charge < -0.3 is 5.32 Å². The van der Waals surface area contributed by atoms with Crippen molar-refractivity contribution in [3.63, 3.8) is 0 Å². The third-order valence-electron chi connectivity index (χ3n) is 3.21. The number of hydrogen-bond donors (Lipinski definition) is 1. The van der Waals surface area contributed by atoms with Crippen molar-refractivity contribution >= 4 is 18.1 Å². The Hall–Kier alpha value is -1.49. The molecule has 0 fully saturated rings. The molecule has 0 aliphatic carbocycles. The van der Waals surface area contributed by atoms with Gasteiger partial charge in [-0.2, -0.15) is 10.2 Å². The van der Waals surface area contributed by atoms with Crippen LogP contribution in [0.2, 0.25) is 0 Å². The number of nitrogens with zero attached hydrogens (tertiary/aromatic N) is 4. The fourth-order valence-electron chi connectivity index (χ4n) is 2.15. The summed E-state index contributed by atoms with van der Waals surface area (Å²) in [5.74, 6) is 0.600. The standard InChI is InChI=1S/C14H23N5.ClH/c1-5-18-12(4)14(9-17-18)15-8-13-6-7-16-19(13)10-11(2)3;/h6-7,9,11,15H,5,8,10H2,1-4H3;1H. The average molecular weight is 298 g/mol. The van der Waals surface area contributed by atoms with E-state index >= 15 is 0 Å². The lowest BCUT2D eigenvalue weighted by Gasteiger charge is -2.11. The summed E-state index contributed by atoms with van der Waals surface area (Å²) in [6, 6.07) is 2.06. The van der Waals surface area contributed by atoms with Gasteiger partial charge in [-0.1, -0.05) is 13.8 Å². The highest BCUT2D eigenvalue weighted by molar-refractivity contribution is 5.85. The zero-order valence-corrected chi connectivity index (χ0v) is 13.4. The summed E-state index contributed by atoms with van der Waals surface area (Å²) in [4.78, 5) is 0. The molecule has 2 rings (SSSR count). The highest BCUT2D eigenvalue weighted by atomic mass is 35.5. The number of aromatic nitrogens is 4. The lowest BCUT2D eigenvalue weighted by atomic mass is 10.2. The molecule has 0 amide bonds. The van der Waals surface area contributed by atoms with Crippen molar-refractivity contribution in [2.75, 3.05) is 5.32 Å². The Balaban J connectivity index is 0.00000200. The molecule has 0 spiro atoms. The molecular formula is C14H24ClN5. The van der Waals surface area contributed by atoms with Crippen LogP contribution < -0.4 is 5.32 Å². The molecule has 0 saturated carbocycles. The Morgan fingerprint density at radius 1 is 1.25 bits per heavy atom. The second kappa shape index (κ2) is 7.33. The molecule has 1 N–H and O–H groups in total. The zero-order valence-electron chi connectivity index (χ0n) is 12.6. The van der Waals surface area contributed by atoms with E-state index in [4.69, 9.17) is 0 Å². The fourth-order valence-corrected chi connectivity index (χ4v) is 2.15. The smallest absolute Gasteiger partial charge is 0.0759 e. The molecule has 0 aromatic carbocycles. The van der Waals surface area contributed by atoms with Crippen LogP contribution in [0.5, 0.6) is 0 Å². The quantitative estimate of drug-likeness (QED) is 0.891. The van der Waals surface area contributed by atoms with Crippen molar-refractivity contribution in [2.45, 2.75) is 47.3 Å². The molecule has 0 saturated heterocycles. The number of aryl methyl sites for hydroxylation is 1. The summed E-state index contributed by atoms with van der Waals surface area (Å²) in [5, 5.41) is 12.1. The SMILES string of the molecule is CCn1ncc(NCc2ccnn2CC(C)C)c1C.Cl. The topological polar surface area (TPSA) is 47.7 Å². The molecule has 2 aromatic rings. The van der Waals surface area contributed by atoms with Gasteiger partial charge in [-0.15, -0.1) is 12.4 Å². The van der Waals surface area contributed by atoms with Crippen LogP contribution in [0.4, 0.5) is 5.69 Å². The van der Waals surface area contributed by atoms with E-state index < -0.39 is 0 Å². The first kappa shape index (κ1) is 16.6. The Morgan fingerprint density at radius 2 is 2.00 bits per heavy atom. The van der Waals surface area contributed by atoms with Gasteiger partial charge in [-0.05, 0) is 25.8 Å². The van der Waals surface area contributed by atoms with E-state index in [0.29, 0.717) is 5.92 Å². The van der Waals surface area contributed by atoms with Crippen molar-refractivity contribution in [3.05, 3.63) is 29.8 Å². The summed E-state index contributed by atoms with van der Waals surface area (Å²) in [6.07, 6.45) is 3.75. The highest BCUT2D eigenvalue weighted by Gasteiger charge is 2.07. The van der Waals surface area contributed by atoms with E-state index in [1.54, 1.807) is 0 Å². The number of halogens is 1. The molecule has 2 heterocycles. The largest absolute Gasteiger partial charge is 0.377 e. The molecule has 0 aliphatic heterocycles. The monoisotopic (exact) mass is 297 g/mol. The molecule has 5 nitrogen and oxygen atoms in total. The van der Waals surface area contributed by atoms with E-state index in [1.165, 1.54) is 11.4 Å². The van der Waals surface area contributed by atoms with Gasteiger partial charge in [-0.25, -0.2) is 0 Å². The van der Waals surface area contributed by atoms with Gasteiger partial charge in [0.15, 0.2) is 0 Å². The molecule has 2 aromatic heterocycles. The van der Waals surface area contributed by atoms with Crippen LogP contribution in [0, 0.1) is 12.8 Å². The van der Waals surface area contributed by atoms with Crippen LogP contribution in [0.1, 0.15) is 32.2 Å². The molecule has 6 heteroatoms. The zero-order chi connectivity index (χ0) is 13.8. The number of hydrogen-bond acceptors (Lipinski definition) is 3. The van der Waals surface area contributed by atoms with Crippen LogP contribution >= 0.6 is 12.4 Å². The summed E-state index contributed by atoms with van der Waals surface area (Å²) >= 11 is 0. The van der Waals surface area contributed by atoms with Gasteiger partial charge in [0.05, 0.1) is 29.8 Å². The molecule has 0 radical (unpaired) electrons. The number of rotatable bonds is 6.